The van der Waals surface area contributed by atoms with E-state index in [1.54, 1.807) is 0 Å². The third kappa shape index (κ3) is 4.23. The Kier molecular flexibility index (Phi) is 5.33. The van der Waals surface area contributed by atoms with Crippen LogP contribution in [0.2, 0.25) is 0 Å². The third-order valence-corrected chi connectivity index (χ3v) is 6.28. The molecular weight excluding hydrogens is 322 g/mol. The molecule has 2 aromatic rings. The molecule has 0 saturated carbocycles. The topological polar surface area (TPSA) is 57.6 Å². The number of aliphatic hydroxyl groups is 1. The lowest BCUT2D eigenvalue weighted by Crippen LogP contribution is -2.37. The molecule has 1 N–H and O–H groups in total. The summed E-state index contributed by atoms with van der Waals surface area (Å²) < 4.78 is 23.5. The number of aliphatic hydroxyl groups excluding tert-OH is 1. The molecule has 0 spiro atoms. The third-order valence-electron chi connectivity index (χ3n) is 4.53. The van der Waals surface area contributed by atoms with Gasteiger partial charge in [-0.3, -0.25) is 4.90 Å². The molecule has 0 aliphatic carbocycles. The zero-order valence-corrected chi connectivity index (χ0v) is 14.5. The van der Waals surface area contributed by atoms with Crippen LogP contribution >= 0.6 is 0 Å². The van der Waals surface area contributed by atoms with Crippen LogP contribution in [-0.4, -0.2) is 49.1 Å². The van der Waals surface area contributed by atoms with Gasteiger partial charge in [0.05, 0.1) is 18.1 Å². The molecule has 0 bridgehead atoms. The maximum absolute atomic E-state index is 11.8. The summed E-state index contributed by atoms with van der Waals surface area (Å²) >= 11 is 0. The Balaban J connectivity index is 1.78. The molecule has 1 aliphatic rings. The number of hydrogen-bond acceptors (Lipinski definition) is 4. The van der Waals surface area contributed by atoms with Gasteiger partial charge in [0.1, 0.15) is 0 Å². The number of benzene rings is 2. The molecule has 0 aromatic heterocycles. The van der Waals surface area contributed by atoms with E-state index in [9.17, 15) is 13.5 Å². The second kappa shape index (κ2) is 7.47. The number of sulfone groups is 1. The maximum atomic E-state index is 11.8. The lowest BCUT2D eigenvalue weighted by molar-refractivity contribution is 0.154. The average Bonchev–Trinajstić information content (AvgIpc) is 2.95. The molecule has 1 atom stereocenters. The van der Waals surface area contributed by atoms with Gasteiger partial charge in [-0.05, 0) is 29.2 Å². The fraction of sp³-hybridized carbons (Fsp3) is 0.368. The quantitative estimate of drug-likeness (QED) is 0.873. The Morgan fingerprint density at radius 2 is 1.79 bits per heavy atom. The molecule has 4 nitrogen and oxygen atoms in total. The summed E-state index contributed by atoms with van der Waals surface area (Å²) in [7, 11) is -2.93. The summed E-state index contributed by atoms with van der Waals surface area (Å²) in [5.74, 6) is 0.453. The molecule has 24 heavy (non-hydrogen) atoms. The summed E-state index contributed by atoms with van der Waals surface area (Å²) in [5.41, 5.74) is 3.45. The molecule has 5 heteroatoms. The van der Waals surface area contributed by atoms with E-state index < -0.39 is 9.84 Å². The summed E-state index contributed by atoms with van der Waals surface area (Å²) in [6, 6.07) is 18.5. The van der Waals surface area contributed by atoms with Gasteiger partial charge in [-0.25, -0.2) is 8.42 Å². The van der Waals surface area contributed by atoms with Crippen LogP contribution in [0.1, 0.15) is 12.0 Å². The second-order valence-electron chi connectivity index (χ2n) is 6.32. The van der Waals surface area contributed by atoms with E-state index in [-0.39, 0.29) is 24.2 Å². The summed E-state index contributed by atoms with van der Waals surface area (Å²) in [5, 5.41) is 9.35. The molecule has 2 aromatic carbocycles. The largest absolute Gasteiger partial charge is 0.395 e. The molecule has 3 rings (SSSR count). The minimum Gasteiger partial charge on any atom is -0.395 e. The number of hydrogen-bond donors (Lipinski definition) is 1. The van der Waals surface area contributed by atoms with Crippen LogP contribution in [0.15, 0.2) is 54.6 Å². The fourth-order valence-electron chi connectivity index (χ4n) is 3.30. The van der Waals surface area contributed by atoms with E-state index in [0.717, 1.165) is 16.7 Å². The first-order valence-electron chi connectivity index (χ1n) is 8.27. The van der Waals surface area contributed by atoms with Crippen molar-refractivity contribution in [3.8, 4) is 11.1 Å². The lowest BCUT2D eigenvalue weighted by atomic mass is 10.0. The van der Waals surface area contributed by atoms with E-state index in [0.29, 0.717) is 19.5 Å². The highest BCUT2D eigenvalue weighted by molar-refractivity contribution is 7.91. The molecular formula is C19H23NO3S. The highest BCUT2D eigenvalue weighted by atomic mass is 32.2. The molecule has 1 heterocycles. The Labute approximate surface area is 143 Å². The van der Waals surface area contributed by atoms with Crippen LogP contribution in [0.4, 0.5) is 0 Å². The van der Waals surface area contributed by atoms with Crippen molar-refractivity contribution in [2.24, 2.45) is 0 Å². The second-order valence-corrected chi connectivity index (χ2v) is 8.55. The van der Waals surface area contributed by atoms with Crippen LogP contribution in [0, 0.1) is 0 Å². The van der Waals surface area contributed by atoms with E-state index in [1.807, 2.05) is 24.3 Å². The minimum absolute atomic E-state index is 0.00234. The van der Waals surface area contributed by atoms with Gasteiger partial charge in [0.25, 0.3) is 0 Å². The van der Waals surface area contributed by atoms with Gasteiger partial charge < -0.3 is 5.11 Å². The Bertz CT molecular complexity index is 774. The van der Waals surface area contributed by atoms with Gasteiger partial charge in [-0.15, -0.1) is 0 Å². The van der Waals surface area contributed by atoms with Crippen LogP contribution in [-0.2, 0) is 16.4 Å². The van der Waals surface area contributed by atoms with E-state index >= 15 is 0 Å². The molecule has 128 valence electrons. The first-order valence-corrected chi connectivity index (χ1v) is 10.1. The highest BCUT2D eigenvalue weighted by Gasteiger charge is 2.31. The fourth-order valence-corrected chi connectivity index (χ4v) is 5.06. The van der Waals surface area contributed by atoms with Crippen molar-refractivity contribution in [1.29, 1.82) is 0 Å². The normalized spacial score (nSPS) is 19.7. The summed E-state index contributed by atoms with van der Waals surface area (Å²) in [6.07, 6.45) is 0.653. The molecule has 1 unspecified atom stereocenters. The van der Waals surface area contributed by atoms with E-state index in [2.05, 4.69) is 35.2 Å². The van der Waals surface area contributed by atoms with Gasteiger partial charge >= 0.3 is 0 Å². The molecule has 0 amide bonds. The maximum Gasteiger partial charge on any atom is 0.151 e. The SMILES string of the molecule is O=S1(=O)CCC(N(CCO)Cc2cccc(-c3ccccc3)c2)C1. The highest BCUT2D eigenvalue weighted by Crippen LogP contribution is 2.23. The number of rotatable bonds is 6. The predicted octanol–water partition coefficient (Wildman–Crippen LogP) is 2.33. The molecule has 1 fully saturated rings. The Morgan fingerprint density at radius 3 is 2.46 bits per heavy atom. The number of nitrogens with zero attached hydrogens (tertiary/aromatic N) is 1. The minimum atomic E-state index is -2.93. The van der Waals surface area contributed by atoms with Crippen molar-refractivity contribution in [3.05, 3.63) is 60.2 Å². The van der Waals surface area contributed by atoms with Crippen molar-refractivity contribution < 1.29 is 13.5 Å². The molecule has 1 saturated heterocycles. The summed E-state index contributed by atoms with van der Waals surface area (Å²) in [6.45, 7) is 1.19. The summed E-state index contributed by atoms with van der Waals surface area (Å²) in [4.78, 5) is 2.09. The first kappa shape index (κ1) is 17.1. The van der Waals surface area contributed by atoms with Crippen LogP contribution in [0.3, 0.4) is 0 Å². The Hall–Kier alpha value is -1.69. The Morgan fingerprint density at radius 1 is 1.04 bits per heavy atom. The zero-order valence-electron chi connectivity index (χ0n) is 13.6. The molecule has 0 radical (unpaired) electrons. The van der Waals surface area contributed by atoms with E-state index in [1.165, 1.54) is 0 Å². The van der Waals surface area contributed by atoms with Crippen LogP contribution in [0.5, 0.6) is 0 Å². The van der Waals surface area contributed by atoms with Crippen molar-refractivity contribution in [2.75, 3.05) is 24.7 Å². The first-order chi connectivity index (χ1) is 11.6. The van der Waals surface area contributed by atoms with Crippen molar-refractivity contribution in [2.45, 2.75) is 19.0 Å². The molecule has 1 aliphatic heterocycles. The predicted molar refractivity (Wildman–Crippen MR) is 96.4 cm³/mol. The van der Waals surface area contributed by atoms with Crippen molar-refractivity contribution in [3.63, 3.8) is 0 Å². The van der Waals surface area contributed by atoms with Gasteiger partial charge in [0, 0.05) is 19.1 Å². The zero-order chi connectivity index (χ0) is 17.0. The lowest BCUT2D eigenvalue weighted by Gasteiger charge is -2.27. The van der Waals surface area contributed by atoms with Crippen molar-refractivity contribution in [1.82, 2.24) is 4.90 Å². The van der Waals surface area contributed by atoms with Gasteiger partial charge in [0.15, 0.2) is 9.84 Å². The van der Waals surface area contributed by atoms with Gasteiger partial charge in [-0.1, -0.05) is 48.5 Å². The van der Waals surface area contributed by atoms with Gasteiger partial charge in [-0.2, -0.15) is 0 Å². The smallest absolute Gasteiger partial charge is 0.151 e. The van der Waals surface area contributed by atoms with Crippen LogP contribution < -0.4 is 0 Å². The average molecular weight is 345 g/mol. The van der Waals surface area contributed by atoms with E-state index in [4.69, 9.17) is 0 Å². The van der Waals surface area contributed by atoms with Crippen molar-refractivity contribution >= 4 is 9.84 Å². The monoisotopic (exact) mass is 345 g/mol. The van der Waals surface area contributed by atoms with Crippen LogP contribution in [0.25, 0.3) is 11.1 Å². The standard InChI is InChI=1S/C19H23NO3S/c21-11-10-20(19-9-12-24(22,23)15-19)14-16-5-4-8-18(13-16)17-6-2-1-3-7-17/h1-8,13,19,21H,9-12,14-15H2. The van der Waals surface area contributed by atoms with Gasteiger partial charge in [0.2, 0.25) is 0 Å².